The summed E-state index contributed by atoms with van der Waals surface area (Å²) in [6.07, 6.45) is 0.830. The monoisotopic (exact) mass is 214 g/mol. The van der Waals surface area contributed by atoms with Crippen molar-refractivity contribution in [2.24, 2.45) is 0 Å². The van der Waals surface area contributed by atoms with Crippen molar-refractivity contribution in [1.82, 2.24) is 0 Å². The molecule has 0 aliphatic rings. The van der Waals surface area contributed by atoms with Crippen LogP contribution in [-0.4, -0.2) is 16.6 Å². The Balaban J connectivity index is 3.11. The van der Waals surface area contributed by atoms with Crippen LogP contribution in [-0.2, 0) is 6.42 Å². The van der Waals surface area contributed by atoms with Gasteiger partial charge in [-0.15, -0.1) is 0 Å². The molecule has 5 nitrogen and oxygen atoms in total. The van der Waals surface area contributed by atoms with E-state index in [1.807, 2.05) is 0 Å². The van der Waals surface area contributed by atoms with E-state index in [0.29, 0.717) is 18.4 Å². The predicted molar refractivity (Wildman–Crippen MR) is 52.9 cm³/mol. The van der Waals surface area contributed by atoms with Gasteiger partial charge in [0.1, 0.15) is 5.69 Å². The van der Waals surface area contributed by atoms with Gasteiger partial charge in [0.15, 0.2) is 0 Å². The summed E-state index contributed by atoms with van der Waals surface area (Å²) >= 11 is 0. The number of halogens is 1. The molecule has 0 heterocycles. The minimum absolute atomic E-state index is 0.0371. The lowest BCUT2D eigenvalue weighted by Gasteiger charge is -2.05. The largest absolute Gasteiger partial charge is 0.396 e. The molecule has 82 valence electrons. The molecule has 0 aromatic heterocycles. The van der Waals surface area contributed by atoms with Gasteiger partial charge in [0.2, 0.25) is 5.82 Å². The fraction of sp³-hybridized carbons (Fsp3) is 0.333. The maximum Gasteiger partial charge on any atom is 0.327 e. The molecule has 1 aromatic rings. The standard InChI is InChI=1S/C9H11FN2O3/c10-7-4-3-6(2-1-5-13)8(11)9(7)12(14)15/h3-4,13H,1-2,5,11H2. The highest BCUT2D eigenvalue weighted by atomic mass is 19.1. The number of aliphatic hydroxyl groups is 1. The molecular formula is C9H11FN2O3. The molecule has 0 spiro atoms. The maximum absolute atomic E-state index is 13.0. The molecule has 0 amide bonds. The third-order valence-corrected chi connectivity index (χ3v) is 2.04. The second-order valence-corrected chi connectivity index (χ2v) is 3.05. The summed E-state index contributed by atoms with van der Waals surface area (Å²) in [5, 5.41) is 19.1. The van der Waals surface area contributed by atoms with E-state index in [0.717, 1.165) is 6.07 Å². The fourth-order valence-electron chi connectivity index (χ4n) is 1.30. The van der Waals surface area contributed by atoms with Gasteiger partial charge >= 0.3 is 5.69 Å². The van der Waals surface area contributed by atoms with Crippen molar-refractivity contribution in [3.8, 4) is 0 Å². The van der Waals surface area contributed by atoms with Crippen LogP contribution in [0.5, 0.6) is 0 Å². The Kier molecular flexibility index (Phi) is 3.56. The molecule has 0 saturated carbocycles. The number of anilines is 1. The van der Waals surface area contributed by atoms with Crippen LogP contribution in [0, 0.1) is 15.9 Å². The molecule has 0 aliphatic heterocycles. The van der Waals surface area contributed by atoms with Crippen molar-refractivity contribution in [3.05, 3.63) is 33.6 Å². The number of rotatable bonds is 4. The zero-order chi connectivity index (χ0) is 11.4. The number of nitro benzene ring substituents is 1. The molecule has 3 N–H and O–H groups in total. The molecule has 0 radical (unpaired) electrons. The molecule has 6 heteroatoms. The van der Waals surface area contributed by atoms with Gasteiger partial charge in [-0.05, 0) is 24.5 Å². The van der Waals surface area contributed by atoms with E-state index in [4.69, 9.17) is 10.8 Å². The molecular weight excluding hydrogens is 203 g/mol. The Labute approximate surface area is 85.5 Å². The molecule has 0 atom stereocenters. The summed E-state index contributed by atoms with van der Waals surface area (Å²) < 4.78 is 13.0. The number of benzene rings is 1. The van der Waals surface area contributed by atoms with Crippen LogP contribution < -0.4 is 5.73 Å². The molecule has 0 fully saturated rings. The Bertz CT molecular complexity index is 382. The molecule has 0 saturated heterocycles. The van der Waals surface area contributed by atoms with E-state index in [9.17, 15) is 14.5 Å². The van der Waals surface area contributed by atoms with Crippen molar-refractivity contribution in [1.29, 1.82) is 0 Å². The predicted octanol–water partition coefficient (Wildman–Crippen LogP) is 1.24. The number of nitrogens with two attached hydrogens (primary N) is 1. The molecule has 1 aromatic carbocycles. The van der Waals surface area contributed by atoms with E-state index >= 15 is 0 Å². The number of nitrogens with zero attached hydrogens (tertiary/aromatic N) is 1. The van der Waals surface area contributed by atoms with Gasteiger partial charge in [-0.3, -0.25) is 10.1 Å². The SMILES string of the molecule is Nc1c(CCCO)ccc(F)c1[N+](=O)[O-]. The highest BCUT2D eigenvalue weighted by Crippen LogP contribution is 2.28. The summed E-state index contributed by atoms with van der Waals surface area (Å²) in [7, 11) is 0. The van der Waals surface area contributed by atoms with Crippen molar-refractivity contribution >= 4 is 11.4 Å². The van der Waals surface area contributed by atoms with Gasteiger partial charge in [0.05, 0.1) is 4.92 Å². The van der Waals surface area contributed by atoms with Crippen LogP contribution in [0.25, 0.3) is 0 Å². The third kappa shape index (κ3) is 2.41. The Morgan fingerprint density at radius 3 is 2.73 bits per heavy atom. The maximum atomic E-state index is 13.0. The van der Waals surface area contributed by atoms with Crippen LogP contribution in [0.2, 0.25) is 0 Å². The lowest BCUT2D eigenvalue weighted by Crippen LogP contribution is -2.03. The van der Waals surface area contributed by atoms with Crippen LogP contribution >= 0.6 is 0 Å². The minimum Gasteiger partial charge on any atom is -0.396 e. The first kappa shape index (κ1) is 11.4. The number of aryl methyl sites for hydroxylation is 1. The second-order valence-electron chi connectivity index (χ2n) is 3.05. The van der Waals surface area contributed by atoms with Crippen LogP contribution in [0.4, 0.5) is 15.8 Å². The van der Waals surface area contributed by atoms with Gasteiger partial charge in [-0.25, -0.2) is 0 Å². The smallest absolute Gasteiger partial charge is 0.327 e. The van der Waals surface area contributed by atoms with Gasteiger partial charge in [0, 0.05) is 6.61 Å². The van der Waals surface area contributed by atoms with Gasteiger partial charge in [0.25, 0.3) is 0 Å². The summed E-state index contributed by atoms with van der Waals surface area (Å²) in [6, 6.07) is 2.41. The average molecular weight is 214 g/mol. The lowest BCUT2D eigenvalue weighted by molar-refractivity contribution is -0.386. The minimum atomic E-state index is -0.940. The molecule has 0 bridgehead atoms. The summed E-state index contributed by atoms with van der Waals surface area (Å²) in [6.45, 7) is -0.0371. The normalized spacial score (nSPS) is 10.3. The van der Waals surface area contributed by atoms with Gasteiger partial charge in [-0.2, -0.15) is 4.39 Å². The average Bonchev–Trinajstić information content (AvgIpc) is 2.16. The zero-order valence-electron chi connectivity index (χ0n) is 7.94. The van der Waals surface area contributed by atoms with Gasteiger partial charge < -0.3 is 10.8 Å². The number of aliphatic hydroxyl groups excluding tert-OH is 1. The highest BCUT2D eigenvalue weighted by Gasteiger charge is 2.20. The molecule has 0 unspecified atom stereocenters. The summed E-state index contributed by atoms with van der Waals surface area (Å²) in [5.74, 6) is -0.940. The van der Waals surface area contributed by atoms with E-state index in [1.54, 1.807) is 0 Å². The van der Waals surface area contributed by atoms with Crippen LogP contribution in [0.1, 0.15) is 12.0 Å². The van der Waals surface area contributed by atoms with E-state index < -0.39 is 16.4 Å². The first-order valence-corrected chi connectivity index (χ1v) is 4.40. The Morgan fingerprint density at radius 2 is 2.20 bits per heavy atom. The second kappa shape index (κ2) is 4.70. The fourth-order valence-corrected chi connectivity index (χ4v) is 1.30. The summed E-state index contributed by atoms with van der Waals surface area (Å²) in [4.78, 5) is 9.66. The van der Waals surface area contributed by atoms with E-state index in [-0.39, 0.29) is 12.3 Å². The highest BCUT2D eigenvalue weighted by molar-refractivity contribution is 5.63. The van der Waals surface area contributed by atoms with Crippen LogP contribution in [0.15, 0.2) is 12.1 Å². The zero-order valence-corrected chi connectivity index (χ0v) is 7.94. The quantitative estimate of drug-likeness (QED) is 0.448. The van der Waals surface area contributed by atoms with Crippen molar-refractivity contribution in [3.63, 3.8) is 0 Å². The van der Waals surface area contributed by atoms with E-state index in [1.165, 1.54) is 6.07 Å². The van der Waals surface area contributed by atoms with E-state index in [2.05, 4.69) is 0 Å². The van der Waals surface area contributed by atoms with Crippen molar-refractivity contribution in [2.75, 3.05) is 12.3 Å². The molecule has 1 rings (SSSR count). The van der Waals surface area contributed by atoms with Crippen molar-refractivity contribution < 1.29 is 14.4 Å². The number of nitrogen functional groups attached to an aromatic ring is 1. The lowest BCUT2D eigenvalue weighted by atomic mass is 10.1. The number of hydrogen-bond acceptors (Lipinski definition) is 4. The van der Waals surface area contributed by atoms with Crippen molar-refractivity contribution in [2.45, 2.75) is 12.8 Å². The Morgan fingerprint density at radius 1 is 1.53 bits per heavy atom. The topological polar surface area (TPSA) is 89.4 Å². The molecule has 15 heavy (non-hydrogen) atoms. The van der Waals surface area contributed by atoms with Gasteiger partial charge in [-0.1, -0.05) is 6.07 Å². The number of hydrogen-bond donors (Lipinski definition) is 2. The first-order valence-electron chi connectivity index (χ1n) is 4.40. The molecule has 0 aliphatic carbocycles. The summed E-state index contributed by atoms with van der Waals surface area (Å²) in [5.41, 5.74) is 5.10. The number of nitro groups is 1. The Hall–Kier alpha value is -1.69. The van der Waals surface area contributed by atoms with Crippen LogP contribution in [0.3, 0.4) is 0 Å². The third-order valence-electron chi connectivity index (χ3n) is 2.04. The first-order chi connectivity index (χ1) is 7.07.